The fourth-order valence-corrected chi connectivity index (χ4v) is 4.39. The molecular formula is C12H10ClN3OS3. The van der Waals surface area contributed by atoms with Crippen molar-refractivity contribution in [1.29, 1.82) is 0 Å². The van der Waals surface area contributed by atoms with Gasteiger partial charge in [-0.15, -0.1) is 32.9 Å². The SMILES string of the molecule is Cc1nc(C)c(-c2nnc(SCc3ccc(Cl)s3)o2)s1. The summed E-state index contributed by atoms with van der Waals surface area (Å²) in [5.74, 6) is 1.32. The lowest BCUT2D eigenvalue weighted by Gasteiger charge is -1.92. The number of thiazole rings is 1. The summed E-state index contributed by atoms with van der Waals surface area (Å²) in [5, 5.41) is 9.71. The van der Waals surface area contributed by atoms with Gasteiger partial charge in [-0.2, -0.15) is 0 Å². The molecule has 0 bridgehead atoms. The van der Waals surface area contributed by atoms with Gasteiger partial charge in [0.25, 0.3) is 11.1 Å². The molecule has 3 heterocycles. The van der Waals surface area contributed by atoms with E-state index in [1.807, 2.05) is 26.0 Å². The molecule has 8 heteroatoms. The first kappa shape index (κ1) is 14.1. The summed E-state index contributed by atoms with van der Waals surface area (Å²) in [6.07, 6.45) is 0. The van der Waals surface area contributed by atoms with E-state index in [4.69, 9.17) is 16.0 Å². The Morgan fingerprint density at radius 1 is 1.25 bits per heavy atom. The third kappa shape index (κ3) is 3.06. The fourth-order valence-electron chi connectivity index (χ4n) is 1.65. The van der Waals surface area contributed by atoms with E-state index in [2.05, 4.69) is 15.2 Å². The van der Waals surface area contributed by atoms with Gasteiger partial charge in [-0.1, -0.05) is 23.4 Å². The average Bonchev–Trinajstić information content (AvgIpc) is 3.08. The summed E-state index contributed by atoms with van der Waals surface area (Å²) in [7, 11) is 0. The average molecular weight is 344 g/mol. The molecule has 3 rings (SSSR count). The van der Waals surface area contributed by atoms with E-state index >= 15 is 0 Å². The Morgan fingerprint density at radius 2 is 2.10 bits per heavy atom. The van der Waals surface area contributed by atoms with Crippen LogP contribution in [0.5, 0.6) is 0 Å². The van der Waals surface area contributed by atoms with Crippen molar-refractivity contribution >= 4 is 46.0 Å². The van der Waals surface area contributed by atoms with Crippen molar-refractivity contribution in [3.63, 3.8) is 0 Å². The van der Waals surface area contributed by atoms with Gasteiger partial charge in [-0.25, -0.2) is 4.98 Å². The van der Waals surface area contributed by atoms with E-state index in [0.29, 0.717) is 11.1 Å². The molecule has 0 N–H and O–H groups in total. The van der Waals surface area contributed by atoms with Crippen molar-refractivity contribution in [3.8, 4) is 10.8 Å². The Bertz CT molecular complexity index is 734. The third-order valence-corrected chi connectivity index (χ3v) is 5.81. The topological polar surface area (TPSA) is 51.8 Å². The molecule has 0 aliphatic carbocycles. The van der Waals surface area contributed by atoms with Gasteiger partial charge in [0, 0.05) is 10.6 Å². The Labute approximate surface area is 133 Å². The molecule has 0 aliphatic rings. The Hall–Kier alpha value is -0.890. The highest BCUT2D eigenvalue weighted by Crippen LogP contribution is 2.32. The van der Waals surface area contributed by atoms with Crippen LogP contribution < -0.4 is 0 Å². The van der Waals surface area contributed by atoms with Gasteiger partial charge in [-0.05, 0) is 26.0 Å². The molecule has 0 amide bonds. The van der Waals surface area contributed by atoms with Crippen molar-refractivity contribution in [2.45, 2.75) is 24.8 Å². The second-order valence-electron chi connectivity index (χ2n) is 4.02. The predicted octanol–water partition coefficient (Wildman–Crippen LogP) is 4.82. The molecule has 0 radical (unpaired) electrons. The van der Waals surface area contributed by atoms with E-state index in [0.717, 1.165) is 25.7 Å². The Morgan fingerprint density at radius 3 is 2.75 bits per heavy atom. The normalized spacial score (nSPS) is 11.2. The highest BCUT2D eigenvalue weighted by atomic mass is 35.5. The Kier molecular flexibility index (Phi) is 4.11. The molecular weight excluding hydrogens is 334 g/mol. The summed E-state index contributed by atoms with van der Waals surface area (Å²) in [6, 6.07) is 3.90. The molecule has 0 aliphatic heterocycles. The van der Waals surface area contributed by atoms with Gasteiger partial charge in [0.15, 0.2) is 0 Å². The molecule has 20 heavy (non-hydrogen) atoms. The molecule has 4 nitrogen and oxygen atoms in total. The minimum atomic E-state index is 0.541. The number of nitrogens with zero attached hydrogens (tertiary/aromatic N) is 3. The zero-order valence-corrected chi connectivity index (χ0v) is 13.9. The van der Waals surface area contributed by atoms with Gasteiger partial charge in [0.1, 0.15) is 4.88 Å². The zero-order chi connectivity index (χ0) is 14.1. The molecule has 0 saturated heterocycles. The largest absolute Gasteiger partial charge is 0.410 e. The van der Waals surface area contributed by atoms with Crippen LogP contribution in [0.4, 0.5) is 0 Å². The van der Waals surface area contributed by atoms with Gasteiger partial charge in [-0.3, -0.25) is 0 Å². The van der Waals surface area contributed by atoms with Crippen molar-refractivity contribution < 1.29 is 4.42 Å². The fraction of sp³-hybridized carbons (Fsp3) is 0.250. The molecule has 0 saturated carbocycles. The van der Waals surface area contributed by atoms with Crippen LogP contribution in [0.3, 0.4) is 0 Å². The Balaban J connectivity index is 1.72. The van der Waals surface area contributed by atoms with E-state index in [1.54, 1.807) is 22.7 Å². The highest BCUT2D eigenvalue weighted by molar-refractivity contribution is 7.98. The van der Waals surface area contributed by atoms with Gasteiger partial charge < -0.3 is 4.42 Å². The minimum Gasteiger partial charge on any atom is -0.410 e. The van der Waals surface area contributed by atoms with Gasteiger partial charge in [0.2, 0.25) is 0 Å². The van der Waals surface area contributed by atoms with Crippen LogP contribution in [0.1, 0.15) is 15.6 Å². The van der Waals surface area contributed by atoms with Crippen molar-refractivity contribution in [2.75, 3.05) is 0 Å². The molecule has 3 aromatic heterocycles. The first-order chi connectivity index (χ1) is 9.61. The minimum absolute atomic E-state index is 0.541. The van der Waals surface area contributed by atoms with E-state index < -0.39 is 0 Å². The predicted molar refractivity (Wildman–Crippen MR) is 83.8 cm³/mol. The first-order valence-electron chi connectivity index (χ1n) is 5.77. The number of rotatable bonds is 4. The maximum absolute atomic E-state index is 5.90. The van der Waals surface area contributed by atoms with Crippen LogP contribution in [0.25, 0.3) is 10.8 Å². The van der Waals surface area contributed by atoms with Gasteiger partial charge in [0.05, 0.1) is 15.0 Å². The lowest BCUT2D eigenvalue weighted by Crippen LogP contribution is -1.77. The van der Waals surface area contributed by atoms with Crippen LogP contribution in [0.2, 0.25) is 4.34 Å². The number of thioether (sulfide) groups is 1. The summed E-state index contributed by atoms with van der Waals surface area (Å²) in [5.41, 5.74) is 0.928. The second kappa shape index (κ2) is 5.85. The number of aromatic nitrogens is 3. The monoisotopic (exact) mass is 343 g/mol. The van der Waals surface area contributed by atoms with Crippen molar-refractivity contribution in [1.82, 2.24) is 15.2 Å². The first-order valence-corrected chi connectivity index (χ1v) is 8.76. The summed E-state index contributed by atoms with van der Waals surface area (Å²) < 4.78 is 6.47. The van der Waals surface area contributed by atoms with Crippen LogP contribution in [-0.4, -0.2) is 15.2 Å². The third-order valence-electron chi connectivity index (χ3n) is 2.47. The maximum Gasteiger partial charge on any atom is 0.277 e. The quantitative estimate of drug-likeness (QED) is 0.636. The van der Waals surface area contributed by atoms with E-state index in [1.165, 1.54) is 16.6 Å². The molecule has 104 valence electrons. The summed E-state index contributed by atoms with van der Waals surface area (Å²) in [6.45, 7) is 3.91. The smallest absolute Gasteiger partial charge is 0.277 e. The second-order valence-corrected chi connectivity index (χ2v) is 7.94. The summed E-state index contributed by atoms with van der Waals surface area (Å²) >= 11 is 10.5. The number of thiophene rings is 1. The number of halogens is 1. The van der Waals surface area contributed by atoms with Crippen LogP contribution in [0.15, 0.2) is 21.8 Å². The molecule has 0 fully saturated rings. The zero-order valence-electron chi connectivity index (χ0n) is 10.7. The van der Waals surface area contributed by atoms with E-state index in [-0.39, 0.29) is 0 Å². The van der Waals surface area contributed by atoms with Crippen molar-refractivity contribution in [3.05, 3.63) is 32.0 Å². The summed E-state index contributed by atoms with van der Waals surface area (Å²) in [4.78, 5) is 6.49. The van der Waals surface area contributed by atoms with Gasteiger partial charge >= 0.3 is 0 Å². The molecule has 0 atom stereocenters. The molecule has 0 aromatic carbocycles. The molecule has 0 unspecified atom stereocenters. The lowest BCUT2D eigenvalue weighted by molar-refractivity contribution is 0.466. The standard InChI is InChI=1S/C12H10ClN3OS3/c1-6-10(19-7(2)14-6)11-15-16-12(17-11)18-5-8-3-4-9(13)20-8/h3-4H,5H2,1-2H3. The van der Waals surface area contributed by atoms with Crippen LogP contribution >= 0.6 is 46.0 Å². The maximum atomic E-state index is 5.90. The van der Waals surface area contributed by atoms with E-state index in [9.17, 15) is 0 Å². The number of hydrogen-bond acceptors (Lipinski definition) is 7. The van der Waals surface area contributed by atoms with Crippen molar-refractivity contribution in [2.24, 2.45) is 0 Å². The highest BCUT2D eigenvalue weighted by Gasteiger charge is 2.15. The number of aryl methyl sites for hydroxylation is 2. The molecule has 3 aromatic rings. The van der Waals surface area contributed by atoms with Crippen LogP contribution in [-0.2, 0) is 5.75 Å². The lowest BCUT2D eigenvalue weighted by atomic mass is 10.4. The van der Waals surface area contributed by atoms with Crippen LogP contribution in [0, 0.1) is 13.8 Å². The number of hydrogen-bond donors (Lipinski definition) is 0. The molecule has 0 spiro atoms.